The van der Waals surface area contributed by atoms with E-state index >= 15 is 0 Å². The second kappa shape index (κ2) is 11.2. The van der Waals surface area contributed by atoms with Gasteiger partial charge in [-0.15, -0.1) is 16.5 Å². The minimum atomic E-state index is -0.928. The number of aliphatic imine (C=N–C) groups is 1. The molecular weight excluding hydrogens is 480 g/mol. The number of nitriles is 1. The van der Waals surface area contributed by atoms with Crippen molar-refractivity contribution in [3.63, 3.8) is 0 Å². The third-order valence-corrected chi connectivity index (χ3v) is 6.48. The largest absolute Gasteiger partial charge is 0.495 e. The number of ether oxygens (including phenoxy) is 1. The van der Waals surface area contributed by atoms with E-state index in [1.807, 2.05) is 24.3 Å². The summed E-state index contributed by atoms with van der Waals surface area (Å²) >= 11 is 6.25. The molecular formula is C25H26ClN8O2-. The van der Waals surface area contributed by atoms with E-state index < -0.39 is 5.60 Å². The summed E-state index contributed by atoms with van der Waals surface area (Å²) in [5.41, 5.74) is 0.542. The van der Waals surface area contributed by atoms with Gasteiger partial charge in [-0.1, -0.05) is 17.7 Å². The number of aliphatic hydroxyl groups is 1. The van der Waals surface area contributed by atoms with Crippen LogP contribution in [0.4, 0.5) is 11.6 Å². The summed E-state index contributed by atoms with van der Waals surface area (Å²) in [4.78, 5) is 6.21. The van der Waals surface area contributed by atoms with E-state index in [9.17, 15) is 10.4 Å². The lowest BCUT2D eigenvalue weighted by Gasteiger charge is -2.38. The second-order valence-electron chi connectivity index (χ2n) is 8.54. The molecule has 3 N–H and O–H groups in total. The number of nitrogens with one attached hydrogen (secondary N) is 2. The molecule has 2 heterocycles. The van der Waals surface area contributed by atoms with E-state index in [4.69, 9.17) is 21.7 Å². The van der Waals surface area contributed by atoms with Gasteiger partial charge < -0.3 is 30.8 Å². The van der Waals surface area contributed by atoms with Gasteiger partial charge in [0.2, 0.25) is 0 Å². The minimum absolute atomic E-state index is 0.234. The van der Waals surface area contributed by atoms with Crippen LogP contribution in [0.1, 0.15) is 24.0 Å². The van der Waals surface area contributed by atoms with Crippen molar-refractivity contribution < 1.29 is 9.84 Å². The van der Waals surface area contributed by atoms with Crippen LogP contribution >= 0.6 is 11.6 Å². The van der Waals surface area contributed by atoms with Crippen LogP contribution in [-0.2, 0) is 6.54 Å². The molecule has 0 unspecified atom stereocenters. The zero-order valence-electron chi connectivity index (χ0n) is 19.8. The molecule has 1 aliphatic heterocycles. The highest BCUT2D eigenvalue weighted by atomic mass is 35.5. The molecule has 4 rings (SSSR count). The number of nitrogens with zero attached hydrogens (tertiary/aromatic N) is 6. The Kier molecular flexibility index (Phi) is 7.83. The van der Waals surface area contributed by atoms with E-state index in [1.54, 1.807) is 19.2 Å². The number of fused-ring (bicyclic) bond motifs is 1. The number of rotatable bonds is 9. The maximum Gasteiger partial charge on any atom is 0.159 e. The van der Waals surface area contributed by atoms with Gasteiger partial charge in [-0.25, -0.2) is 0 Å². The number of aromatic nitrogens is 2. The zero-order chi connectivity index (χ0) is 25.5. The molecule has 10 nitrogen and oxygen atoms in total. The Morgan fingerprint density at radius 3 is 2.75 bits per heavy atom. The van der Waals surface area contributed by atoms with Crippen molar-refractivity contribution in [2.45, 2.75) is 25.0 Å². The first-order chi connectivity index (χ1) is 17.5. The molecule has 0 atom stereocenters. The smallest absolute Gasteiger partial charge is 0.159 e. The molecule has 1 fully saturated rings. The van der Waals surface area contributed by atoms with Crippen molar-refractivity contribution in [1.82, 2.24) is 15.5 Å². The van der Waals surface area contributed by atoms with Gasteiger partial charge in [0.1, 0.15) is 5.75 Å². The molecule has 0 spiro atoms. The molecule has 36 heavy (non-hydrogen) atoms. The Morgan fingerprint density at radius 1 is 1.25 bits per heavy atom. The third-order valence-electron chi connectivity index (χ3n) is 6.19. The van der Waals surface area contributed by atoms with Gasteiger partial charge in [-0.05, 0) is 48.7 Å². The summed E-state index contributed by atoms with van der Waals surface area (Å²) in [6.07, 6.45) is 3.14. The van der Waals surface area contributed by atoms with Gasteiger partial charge in [0.25, 0.3) is 0 Å². The molecule has 2 aromatic carbocycles. The predicted octanol–water partition coefficient (Wildman–Crippen LogP) is 3.32. The van der Waals surface area contributed by atoms with Gasteiger partial charge in [0, 0.05) is 36.7 Å². The monoisotopic (exact) mass is 505 g/mol. The van der Waals surface area contributed by atoms with Gasteiger partial charge >= 0.3 is 0 Å². The minimum Gasteiger partial charge on any atom is -0.495 e. The molecule has 0 radical (unpaired) electrons. The highest BCUT2D eigenvalue weighted by molar-refractivity contribution is 6.32. The summed E-state index contributed by atoms with van der Waals surface area (Å²) in [5.74, 6) is 1.87. The van der Waals surface area contributed by atoms with Crippen LogP contribution in [0.15, 0.2) is 41.4 Å². The summed E-state index contributed by atoms with van der Waals surface area (Å²) in [7, 11) is 1.57. The normalized spacial score (nSPS) is 15.0. The van der Waals surface area contributed by atoms with Gasteiger partial charge in [-0.2, -0.15) is 5.26 Å². The summed E-state index contributed by atoms with van der Waals surface area (Å²) in [5, 5.41) is 45.9. The van der Waals surface area contributed by atoms with Crippen LogP contribution in [0.3, 0.4) is 0 Å². The first-order valence-electron chi connectivity index (χ1n) is 11.4. The van der Waals surface area contributed by atoms with Crippen molar-refractivity contribution in [2.75, 3.05) is 37.0 Å². The SMILES string of the molecule is COc1ccc(CNc2nnc(N3CCC(O)(CN=CNC=[N-])CC3)c3ccc(C#N)cc23)cc1Cl. The van der Waals surface area contributed by atoms with Crippen molar-refractivity contribution in [3.05, 3.63) is 58.0 Å². The highest BCUT2D eigenvalue weighted by Gasteiger charge is 2.33. The van der Waals surface area contributed by atoms with Crippen LogP contribution in [0, 0.1) is 11.3 Å². The Hall–Kier alpha value is -3.94. The Labute approximate surface area is 214 Å². The van der Waals surface area contributed by atoms with Gasteiger partial charge in [-0.3, -0.25) is 4.99 Å². The molecule has 0 aliphatic carbocycles. The van der Waals surface area contributed by atoms with E-state index in [2.05, 4.69) is 36.8 Å². The first kappa shape index (κ1) is 25.2. The predicted molar refractivity (Wildman–Crippen MR) is 142 cm³/mol. The summed E-state index contributed by atoms with van der Waals surface area (Å²) in [6.45, 7) is 1.85. The number of anilines is 2. The van der Waals surface area contributed by atoms with Crippen LogP contribution in [0.25, 0.3) is 16.2 Å². The molecule has 1 aromatic heterocycles. The number of halogens is 1. The van der Waals surface area contributed by atoms with Crippen LogP contribution in [0.2, 0.25) is 5.02 Å². The van der Waals surface area contributed by atoms with Crippen LogP contribution in [0.5, 0.6) is 5.75 Å². The molecule has 1 aliphatic rings. The molecule has 1 saturated heterocycles. The lowest BCUT2D eigenvalue weighted by molar-refractivity contribution is 0.0255. The average Bonchev–Trinajstić information content (AvgIpc) is 2.90. The number of piperidine rings is 1. The maximum atomic E-state index is 10.9. The lowest BCUT2D eigenvalue weighted by atomic mass is 9.91. The van der Waals surface area contributed by atoms with Crippen molar-refractivity contribution in [3.8, 4) is 11.8 Å². The van der Waals surface area contributed by atoms with Gasteiger partial charge in [0.05, 0.1) is 35.9 Å². The Bertz CT molecular complexity index is 1320. The summed E-state index contributed by atoms with van der Waals surface area (Å²) in [6, 6.07) is 13.2. The fourth-order valence-electron chi connectivity index (χ4n) is 4.17. The van der Waals surface area contributed by atoms with E-state index in [-0.39, 0.29) is 6.54 Å². The highest BCUT2D eigenvalue weighted by Crippen LogP contribution is 2.33. The topological polar surface area (TPSA) is 141 Å². The van der Waals surface area contributed by atoms with Crippen molar-refractivity contribution >= 4 is 46.7 Å². The first-order valence-corrected chi connectivity index (χ1v) is 11.8. The quantitative estimate of drug-likeness (QED) is 0.297. The Morgan fingerprint density at radius 2 is 2.06 bits per heavy atom. The molecule has 186 valence electrons. The van der Waals surface area contributed by atoms with Crippen molar-refractivity contribution in [2.24, 2.45) is 4.99 Å². The fourth-order valence-corrected chi connectivity index (χ4v) is 4.45. The number of hydrogen-bond donors (Lipinski definition) is 3. The van der Waals surface area contributed by atoms with Gasteiger partial charge in [0.15, 0.2) is 11.6 Å². The van der Waals surface area contributed by atoms with E-state index in [0.29, 0.717) is 60.4 Å². The van der Waals surface area contributed by atoms with Crippen molar-refractivity contribution in [1.29, 1.82) is 5.26 Å². The molecule has 0 saturated carbocycles. The molecule has 0 bridgehead atoms. The number of methoxy groups -OCH3 is 1. The second-order valence-corrected chi connectivity index (χ2v) is 8.95. The zero-order valence-corrected chi connectivity index (χ0v) is 20.5. The van der Waals surface area contributed by atoms with E-state index in [1.165, 1.54) is 6.34 Å². The fraction of sp³-hybridized carbons (Fsp3) is 0.320. The number of benzene rings is 2. The number of hydrogen-bond acceptors (Lipinski definition) is 8. The molecule has 3 aromatic rings. The molecule has 11 heteroatoms. The average molecular weight is 506 g/mol. The standard InChI is InChI=1S/C25H26ClN8O2/c1-36-22-5-3-18(11-21(22)26)13-31-23-20-10-17(12-27)2-4-19(20)24(33-32-23)34-8-6-25(35,7-9-34)14-29-16-30-15-28/h2-5,10-11,15-16,35H,6-9,13-14H2,1H3,(H2-,28,29,30,31,32)/q-1. The van der Waals surface area contributed by atoms with Crippen LogP contribution < -0.4 is 20.3 Å². The maximum absolute atomic E-state index is 10.9. The summed E-state index contributed by atoms with van der Waals surface area (Å²) < 4.78 is 5.21. The third kappa shape index (κ3) is 5.64. The molecule has 0 amide bonds. The Balaban J connectivity index is 1.55. The van der Waals surface area contributed by atoms with Crippen LogP contribution in [-0.4, -0.2) is 60.3 Å². The van der Waals surface area contributed by atoms with E-state index in [0.717, 1.165) is 22.7 Å². The lowest BCUT2D eigenvalue weighted by Crippen LogP contribution is -2.46.